The summed E-state index contributed by atoms with van der Waals surface area (Å²) < 4.78 is 13.7. The van der Waals surface area contributed by atoms with Crippen LogP contribution < -0.4 is 15.4 Å². The summed E-state index contributed by atoms with van der Waals surface area (Å²) in [6.07, 6.45) is 3.54. The molecule has 0 atom stereocenters. The van der Waals surface area contributed by atoms with Crippen molar-refractivity contribution >= 4 is 23.5 Å². The predicted octanol–water partition coefficient (Wildman–Crippen LogP) is 2.92. The lowest BCUT2D eigenvalue weighted by Crippen LogP contribution is -2.43. The Morgan fingerprint density at radius 2 is 1.96 bits per heavy atom. The fraction of sp³-hybridized carbons (Fsp3) is 0.650. The molecule has 1 fully saturated rings. The van der Waals surface area contributed by atoms with Gasteiger partial charge >= 0.3 is 0 Å². The molecule has 152 valence electrons. The molecule has 0 aromatic heterocycles. The topological polar surface area (TPSA) is 68.0 Å². The molecular weight excluding hydrogens is 362 g/mol. The van der Waals surface area contributed by atoms with Crippen molar-refractivity contribution in [2.45, 2.75) is 32.6 Å². The van der Waals surface area contributed by atoms with Gasteiger partial charge in [0.05, 0.1) is 13.2 Å². The van der Waals surface area contributed by atoms with Gasteiger partial charge in [-0.25, -0.2) is 4.31 Å². The number of amides is 1. The van der Waals surface area contributed by atoms with Crippen LogP contribution in [0.4, 0.5) is 5.69 Å². The minimum absolute atomic E-state index is 0.305. The third kappa shape index (κ3) is 8.86. The molecule has 0 aliphatic carbocycles. The average Bonchev–Trinajstić information content (AvgIpc) is 2.68. The van der Waals surface area contributed by atoms with Crippen LogP contribution >= 0.6 is 11.9 Å². The van der Waals surface area contributed by atoms with Gasteiger partial charge in [-0.1, -0.05) is 31.4 Å². The van der Waals surface area contributed by atoms with Crippen LogP contribution in [0.25, 0.3) is 0 Å². The Kier molecular flexibility index (Phi) is 10.4. The van der Waals surface area contributed by atoms with Crippen molar-refractivity contribution in [1.29, 1.82) is 0 Å². The van der Waals surface area contributed by atoms with Gasteiger partial charge in [0.1, 0.15) is 5.75 Å². The van der Waals surface area contributed by atoms with Gasteiger partial charge in [-0.3, -0.25) is 4.79 Å². The largest absolute Gasteiger partial charge is 0.494 e. The Morgan fingerprint density at radius 1 is 1.15 bits per heavy atom. The number of hydrogen-bond acceptors (Lipinski definition) is 6. The molecule has 2 rings (SSSR count). The monoisotopic (exact) mass is 395 g/mol. The number of rotatable bonds is 13. The van der Waals surface area contributed by atoms with Gasteiger partial charge in [-0.15, -0.1) is 0 Å². The average molecular weight is 396 g/mol. The van der Waals surface area contributed by atoms with Crippen LogP contribution in [0.3, 0.4) is 0 Å². The third-order valence-electron chi connectivity index (χ3n) is 4.39. The Labute approximate surface area is 167 Å². The maximum absolute atomic E-state index is 10.6. The van der Waals surface area contributed by atoms with Gasteiger partial charge in [0.15, 0.2) is 0 Å². The number of ether oxygens (including phenoxy) is 2. The van der Waals surface area contributed by atoms with E-state index in [1.54, 1.807) is 0 Å². The standard InChI is InChI=1S/C20H33N3O3S/c1-2-3-14-26-19-7-4-6-18(17-19)22-9-11-23(12-10-22)27-16-5-13-25-15-8-20(21)24/h4,6-7,17H,2-3,5,8-16H2,1H3,(H2,21,24). The fourth-order valence-electron chi connectivity index (χ4n) is 2.81. The van der Waals surface area contributed by atoms with E-state index < -0.39 is 0 Å². The number of carbonyl (C=O) groups is 1. The van der Waals surface area contributed by atoms with Gasteiger partial charge in [0.25, 0.3) is 0 Å². The second kappa shape index (κ2) is 12.9. The van der Waals surface area contributed by atoms with Crippen LogP contribution in [0, 0.1) is 0 Å². The van der Waals surface area contributed by atoms with Crippen molar-refractivity contribution in [3.05, 3.63) is 24.3 Å². The number of carbonyl (C=O) groups excluding carboxylic acids is 1. The summed E-state index contributed by atoms with van der Waals surface area (Å²) in [5.74, 6) is 1.70. The first-order valence-electron chi connectivity index (χ1n) is 9.90. The zero-order valence-corrected chi connectivity index (χ0v) is 17.2. The van der Waals surface area contributed by atoms with Crippen molar-refractivity contribution in [2.75, 3.05) is 56.7 Å². The molecule has 1 heterocycles. The molecule has 6 nitrogen and oxygen atoms in total. The minimum Gasteiger partial charge on any atom is -0.494 e. The minimum atomic E-state index is -0.305. The summed E-state index contributed by atoms with van der Waals surface area (Å²) in [7, 11) is 0. The smallest absolute Gasteiger partial charge is 0.219 e. The van der Waals surface area contributed by atoms with Gasteiger partial charge in [0.2, 0.25) is 5.91 Å². The normalized spacial score (nSPS) is 15.1. The molecule has 2 N–H and O–H groups in total. The highest BCUT2D eigenvalue weighted by atomic mass is 32.2. The second-order valence-electron chi connectivity index (χ2n) is 6.63. The highest BCUT2D eigenvalue weighted by Gasteiger charge is 2.17. The molecule has 7 heteroatoms. The summed E-state index contributed by atoms with van der Waals surface area (Å²) in [6.45, 7) is 8.24. The summed E-state index contributed by atoms with van der Waals surface area (Å²) >= 11 is 1.89. The number of hydrogen-bond donors (Lipinski definition) is 1. The first-order chi connectivity index (χ1) is 13.2. The van der Waals surface area contributed by atoms with E-state index in [0.717, 1.165) is 63.6 Å². The van der Waals surface area contributed by atoms with E-state index in [4.69, 9.17) is 15.2 Å². The van der Waals surface area contributed by atoms with Gasteiger partial charge in [-0.2, -0.15) is 0 Å². The lowest BCUT2D eigenvalue weighted by Gasteiger charge is -2.35. The first kappa shape index (κ1) is 21.9. The van der Waals surface area contributed by atoms with Crippen LogP contribution in [0.5, 0.6) is 5.75 Å². The van der Waals surface area contributed by atoms with E-state index in [-0.39, 0.29) is 5.91 Å². The van der Waals surface area contributed by atoms with Gasteiger partial charge in [0, 0.05) is 56.7 Å². The number of nitrogens with zero attached hydrogens (tertiary/aromatic N) is 2. The first-order valence-corrected chi connectivity index (χ1v) is 10.8. The second-order valence-corrected chi connectivity index (χ2v) is 7.81. The highest BCUT2D eigenvalue weighted by molar-refractivity contribution is 7.97. The zero-order valence-electron chi connectivity index (χ0n) is 16.4. The fourth-order valence-corrected chi connectivity index (χ4v) is 3.74. The molecule has 1 amide bonds. The molecule has 0 bridgehead atoms. The summed E-state index contributed by atoms with van der Waals surface area (Å²) in [6, 6.07) is 8.44. The molecule has 0 unspecified atom stereocenters. The Morgan fingerprint density at radius 3 is 2.70 bits per heavy atom. The van der Waals surface area contributed by atoms with Gasteiger partial charge in [-0.05, 0) is 25.0 Å². The Hall–Kier alpha value is -1.44. The van der Waals surface area contributed by atoms with E-state index >= 15 is 0 Å². The van der Waals surface area contributed by atoms with Crippen LogP contribution in [0.2, 0.25) is 0 Å². The molecular formula is C20H33N3O3S. The van der Waals surface area contributed by atoms with Crippen molar-refractivity contribution in [1.82, 2.24) is 4.31 Å². The van der Waals surface area contributed by atoms with E-state index in [1.165, 1.54) is 5.69 Å². The number of nitrogens with two attached hydrogens (primary N) is 1. The van der Waals surface area contributed by atoms with E-state index in [9.17, 15) is 4.79 Å². The maximum Gasteiger partial charge on any atom is 0.219 e. The van der Waals surface area contributed by atoms with E-state index in [2.05, 4.69) is 34.3 Å². The summed E-state index contributed by atoms with van der Waals surface area (Å²) in [5.41, 5.74) is 6.33. The predicted molar refractivity (Wildman–Crippen MR) is 112 cm³/mol. The lowest BCUT2D eigenvalue weighted by molar-refractivity contribution is -0.119. The molecule has 1 aromatic carbocycles. The van der Waals surface area contributed by atoms with Crippen LogP contribution in [-0.4, -0.2) is 62.0 Å². The summed E-state index contributed by atoms with van der Waals surface area (Å²) in [5, 5.41) is 0. The van der Waals surface area contributed by atoms with Crippen molar-refractivity contribution in [3.8, 4) is 5.75 Å². The van der Waals surface area contributed by atoms with Crippen LogP contribution in [0.15, 0.2) is 24.3 Å². The van der Waals surface area contributed by atoms with Crippen molar-refractivity contribution < 1.29 is 14.3 Å². The quantitative estimate of drug-likeness (QED) is 0.409. The molecule has 27 heavy (non-hydrogen) atoms. The Bertz CT molecular complexity index is 551. The number of piperazine rings is 1. The van der Waals surface area contributed by atoms with Crippen LogP contribution in [-0.2, 0) is 9.53 Å². The third-order valence-corrected chi connectivity index (χ3v) is 5.59. The molecule has 0 radical (unpaired) electrons. The molecule has 0 spiro atoms. The Balaban J connectivity index is 1.61. The molecule has 1 aliphatic rings. The zero-order chi connectivity index (χ0) is 19.3. The maximum atomic E-state index is 10.6. The molecule has 1 aliphatic heterocycles. The number of primary amides is 1. The number of anilines is 1. The number of benzene rings is 1. The van der Waals surface area contributed by atoms with Crippen molar-refractivity contribution in [2.24, 2.45) is 5.73 Å². The van der Waals surface area contributed by atoms with E-state index in [0.29, 0.717) is 19.6 Å². The molecule has 0 saturated carbocycles. The van der Waals surface area contributed by atoms with Crippen molar-refractivity contribution in [3.63, 3.8) is 0 Å². The van der Waals surface area contributed by atoms with Gasteiger partial charge < -0.3 is 20.1 Å². The SMILES string of the molecule is CCCCOc1cccc(N2CCN(SCCCOCCC(N)=O)CC2)c1. The summed E-state index contributed by atoms with van der Waals surface area (Å²) in [4.78, 5) is 13.0. The molecule has 1 aromatic rings. The lowest BCUT2D eigenvalue weighted by atomic mass is 10.2. The van der Waals surface area contributed by atoms with Crippen LogP contribution in [0.1, 0.15) is 32.6 Å². The van der Waals surface area contributed by atoms with E-state index in [1.807, 2.05) is 18.0 Å². The number of unbranched alkanes of at least 4 members (excludes halogenated alkanes) is 1. The highest BCUT2D eigenvalue weighted by Crippen LogP contribution is 2.24. The molecule has 1 saturated heterocycles.